The lowest BCUT2D eigenvalue weighted by Gasteiger charge is -2.12. The largest absolute Gasteiger partial charge is 0.493 e. The lowest BCUT2D eigenvalue weighted by molar-refractivity contribution is 0.314. The molecule has 0 amide bonds. The molecule has 0 saturated heterocycles. The van der Waals surface area contributed by atoms with Crippen LogP contribution in [0.15, 0.2) is 12.1 Å². The summed E-state index contributed by atoms with van der Waals surface area (Å²) in [5, 5.41) is 8.83. The van der Waals surface area contributed by atoms with Crippen molar-refractivity contribution in [3.63, 3.8) is 0 Å². The van der Waals surface area contributed by atoms with E-state index in [1.54, 1.807) is 0 Å². The van der Waals surface area contributed by atoms with Crippen LogP contribution in [0, 0.1) is 25.2 Å². The third-order valence-corrected chi connectivity index (χ3v) is 3.03. The molecule has 0 heterocycles. The summed E-state index contributed by atoms with van der Waals surface area (Å²) in [4.78, 5) is 0. The van der Waals surface area contributed by atoms with E-state index < -0.39 is 0 Å². The monoisotopic (exact) mass is 235 g/mol. The van der Waals surface area contributed by atoms with E-state index in [9.17, 15) is 0 Å². The highest BCUT2D eigenvalue weighted by molar-refractivity contribution is 7.98. The first-order valence-corrected chi connectivity index (χ1v) is 6.71. The molecule has 1 aromatic rings. The van der Waals surface area contributed by atoms with E-state index in [1.165, 1.54) is 0 Å². The Labute approximate surface area is 102 Å². The maximum atomic E-state index is 8.83. The van der Waals surface area contributed by atoms with Crippen LogP contribution in [0.2, 0.25) is 0 Å². The molecule has 0 unspecified atom stereocenters. The van der Waals surface area contributed by atoms with Crippen LogP contribution in [0.1, 0.15) is 23.1 Å². The van der Waals surface area contributed by atoms with E-state index in [2.05, 4.69) is 12.3 Å². The number of nitrogens with zero attached hydrogens (tertiary/aromatic N) is 1. The lowest BCUT2D eigenvalue weighted by Crippen LogP contribution is -2.02. The molecule has 0 fully saturated rings. The van der Waals surface area contributed by atoms with Gasteiger partial charge in [0.1, 0.15) is 5.75 Å². The van der Waals surface area contributed by atoms with Crippen molar-refractivity contribution in [2.75, 3.05) is 18.6 Å². The first-order chi connectivity index (χ1) is 7.69. The molecule has 0 aliphatic rings. The molecular formula is C13H17NOS. The van der Waals surface area contributed by atoms with E-state index in [0.717, 1.165) is 35.7 Å². The summed E-state index contributed by atoms with van der Waals surface area (Å²) in [5.41, 5.74) is 2.79. The molecule has 0 bridgehead atoms. The maximum Gasteiger partial charge on any atom is 0.125 e. The molecule has 16 heavy (non-hydrogen) atoms. The van der Waals surface area contributed by atoms with E-state index in [-0.39, 0.29) is 0 Å². The van der Waals surface area contributed by atoms with Gasteiger partial charge in [-0.3, -0.25) is 0 Å². The fraction of sp³-hybridized carbons (Fsp3) is 0.462. The minimum atomic E-state index is 0.700. The molecule has 0 atom stereocenters. The fourth-order valence-electron chi connectivity index (χ4n) is 1.62. The van der Waals surface area contributed by atoms with Gasteiger partial charge in [0.25, 0.3) is 0 Å². The van der Waals surface area contributed by atoms with Crippen LogP contribution < -0.4 is 4.74 Å². The molecule has 0 aliphatic heterocycles. The summed E-state index contributed by atoms with van der Waals surface area (Å²) in [6.45, 7) is 4.71. The van der Waals surface area contributed by atoms with Crippen molar-refractivity contribution < 1.29 is 4.74 Å². The SMILES string of the molecule is CSCCCOc1c(C)cc(C#N)cc1C. The van der Waals surface area contributed by atoms with Gasteiger partial charge in [0.05, 0.1) is 18.2 Å². The van der Waals surface area contributed by atoms with E-state index >= 15 is 0 Å². The Morgan fingerprint density at radius 1 is 1.31 bits per heavy atom. The molecule has 1 aromatic carbocycles. The van der Waals surface area contributed by atoms with Gasteiger partial charge in [-0.2, -0.15) is 17.0 Å². The van der Waals surface area contributed by atoms with Crippen molar-refractivity contribution in [3.05, 3.63) is 28.8 Å². The van der Waals surface area contributed by atoms with Crippen molar-refractivity contribution in [1.82, 2.24) is 0 Å². The number of ether oxygens (including phenoxy) is 1. The highest BCUT2D eigenvalue weighted by Crippen LogP contribution is 2.24. The number of hydrogen-bond donors (Lipinski definition) is 0. The molecular weight excluding hydrogens is 218 g/mol. The van der Waals surface area contributed by atoms with Crippen molar-refractivity contribution in [3.8, 4) is 11.8 Å². The summed E-state index contributed by atoms with van der Waals surface area (Å²) >= 11 is 1.83. The number of nitriles is 1. The first kappa shape index (κ1) is 12.9. The zero-order chi connectivity index (χ0) is 12.0. The molecule has 0 N–H and O–H groups in total. The van der Waals surface area contributed by atoms with E-state index in [0.29, 0.717) is 5.56 Å². The highest BCUT2D eigenvalue weighted by atomic mass is 32.2. The minimum Gasteiger partial charge on any atom is -0.493 e. The molecule has 0 saturated carbocycles. The predicted molar refractivity (Wildman–Crippen MR) is 69.1 cm³/mol. The normalized spacial score (nSPS) is 9.88. The van der Waals surface area contributed by atoms with Gasteiger partial charge in [-0.25, -0.2) is 0 Å². The minimum absolute atomic E-state index is 0.700. The Morgan fingerprint density at radius 2 is 1.94 bits per heavy atom. The summed E-state index contributed by atoms with van der Waals surface area (Å²) in [6, 6.07) is 5.90. The number of benzene rings is 1. The van der Waals surface area contributed by atoms with Crippen LogP contribution in [-0.2, 0) is 0 Å². The van der Waals surface area contributed by atoms with Crippen molar-refractivity contribution in [2.45, 2.75) is 20.3 Å². The Hall–Kier alpha value is -1.14. The van der Waals surface area contributed by atoms with Crippen molar-refractivity contribution >= 4 is 11.8 Å². The van der Waals surface area contributed by atoms with E-state index in [4.69, 9.17) is 10.00 Å². The average molecular weight is 235 g/mol. The van der Waals surface area contributed by atoms with Crippen LogP contribution in [0.4, 0.5) is 0 Å². The van der Waals surface area contributed by atoms with Crippen LogP contribution in [0.25, 0.3) is 0 Å². The summed E-state index contributed by atoms with van der Waals surface area (Å²) in [7, 11) is 0. The molecule has 0 aromatic heterocycles. The second-order valence-electron chi connectivity index (χ2n) is 3.75. The topological polar surface area (TPSA) is 33.0 Å². The van der Waals surface area contributed by atoms with Gasteiger partial charge >= 0.3 is 0 Å². The zero-order valence-electron chi connectivity index (χ0n) is 10.0. The Morgan fingerprint density at radius 3 is 2.44 bits per heavy atom. The highest BCUT2D eigenvalue weighted by Gasteiger charge is 2.05. The second kappa shape index (κ2) is 6.44. The number of rotatable bonds is 5. The predicted octanol–water partition coefficient (Wildman–Crippen LogP) is 3.31. The van der Waals surface area contributed by atoms with Gasteiger partial charge in [-0.15, -0.1) is 0 Å². The van der Waals surface area contributed by atoms with Crippen molar-refractivity contribution in [1.29, 1.82) is 5.26 Å². The third-order valence-electron chi connectivity index (χ3n) is 2.33. The lowest BCUT2D eigenvalue weighted by atomic mass is 10.1. The smallest absolute Gasteiger partial charge is 0.125 e. The van der Waals surface area contributed by atoms with Gasteiger partial charge in [0, 0.05) is 0 Å². The third kappa shape index (κ3) is 3.46. The molecule has 2 nitrogen and oxygen atoms in total. The second-order valence-corrected chi connectivity index (χ2v) is 4.73. The number of aryl methyl sites for hydroxylation is 2. The van der Waals surface area contributed by atoms with Gasteiger partial charge in [0.2, 0.25) is 0 Å². The van der Waals surface area contributed by atoms with Gasteiger partial charge in [0.15, 0.2) is 0 Å². The van der Waals surface area contributed by atoms with Gasteiger partial charge in [-0.1, -0.05) is 0 Å². The number of hydrogen-bond acceptors (Lipinski definition) is 3. The average Bonchev–Trinajstić information content (AvgIpc) is 2.26. The molecule has 3 heteroatoms. The van der Waals surface area contributed by atoms with Gasteiger partial charge in [-0.05, 0) is 55.5 Å². The summed E-state index contributed by atoms with van der Waals surface area (Å²) in [6.07, 6.45) is 3.15. The molecule has 0 spiro atoms. The molecule has 1 rings (SSSR count). The van der Waals surface area contributed by atoms with Crippen LogP contribution in [0.3, 0.4) is 0 Å². The van der Waals surface area contributed by atoms with Crippen LogP contribution >= 0.6 is 11.8 Å². The number of thioether (sulfide) groups is 1. The van der Waals surface area contributed by atoms with Gasteiger partial charge < -0.3 is 4.74 Å². The Balaban J connectivity index is 2.70. The fourth-order valence-corrected chi connectivity index (χ4v) is 2.03. The Bertz CT molecular complexity index is 372. The Kier molecular flexibility index (Phi) is 5.21. The standard InChI is InChI=1S/C13H17NOS/c1-10-7-12(9-14)8-11(2)13(10)15-5-4-6-16-3/h7-8H,4-6H2,1-3H3. The first-order valence-electron chi connectivity index (χ1n) is 5.32. The summed E-state index contributed by atoms with van der Waals surface area (Å²) < 4.78 is 5.75. The summed E-state index contributed by atoms with van der Waals surface area (Å²) in [5.74, 6) is 2.05. The van der Waals surface area contributed by atoms with Crippen LogP contribution in [0.5, 0.6) is 5.75 Å². The zero-order valence-corrected chi connectivity index (χ0v) is 10.9. The van der Waals surface area contributed by atoms with E-state index in [1.807, 2.05) is 37.7 Å². The molecule has 0 aliphatic carbocycles. The molecule has 86 valence electrons. The maximum absolute atomic E-state index is 8.83. The van der Waals surface area contributed by atoms with Crippen molar-refractivity contribution in [2.24, 2.45) is 0 Å². The van der Waals surface area contributed by atoms with Crippen LogP contribution in [-0.4, -0.2) is 18.6 Å². The molecule has 0 radical (unpaired) electrons. The quantitative estimate of drug-likeness (QED) is 0.734.